The van der Waals surface area contributed by atoms with Gasteiger partial charge in [0.1, 0.15) is 0 Å². The quantitative estimate of drug-likeness (QED) is 0.837. The number of nitrogens with one attached hydrogen (secondary N) is 1. The molecule has 4 nitrogen and oxygen atoms in total. The number of nitrogens with zero attached hydrogens (tertiary/aromatic N) is 1. The second-order valence-corrected chi connectivity index (χ2v) is 7.06. The van der Waals surface area contributed by atoms with Gasteiger partial charge in [-0.3, -0.25) is 9.59 Å². The van der Waals surface area contributed by atoms with Gasteiger partial charge in [-0.1, -0.05) is 12.1 Å². The minimum absolute atomic E-state index is 0.00336. The topological polar surface area (TPSA) is 49.4 Å². The average molecular weight is 354 g/mol. The average Bonchev–Trinajstić information content (AvgIpc) is 3.16. The maximum atomic E-state index is 12.9. The van der Waals surface area contributed by atoms with Crippen molar-refractivity contribution in [3.63, 3.8) is 0 Å². The first-order valence-corrected chi connectivity index (χ1v) is 9.67. The summed E-state index contributed by atoms with van der Waals surface area (Å²) in [6.45, 7) is 3.49. The predicted octanol–water partition coefficient (Wildman–Crippen LogP) is 4.21. The minimum atomic E-state index is -0.200. The highest BCUT2D eigenvalue weighted by atomic mass is 32.2. The van der Waals surface area contributed by atoms with Crippen molar-refractivity contribution in [2.24, 2.45) is 0 Å². The molecule has 0 aromatic heterocycles. The molecule has 1 fully saturated rings. The van der Waals surface area contributed by atoms with Gasteiger partial charge in [-0.25, -0.2) is 0 Å². The van der Waals surface area contributed by atoms with Gasteiger partial charge in [0.2, 0.25) is 0 Å². The number of rotatable bonds is 4. The van der Waals surface area contributed by atoms with Crippen molar-refractivity contribution in [3.8, 4) is 0 Å². The second-order valence-electron chi connectivity index (χ2n) is 6.18. The molecule has 0 bridgehead atoms. The normalized spacial score (nSPS) is 13.8. The molecule has 1 heterocycles. The van der Waals surface area contributed by atoms with Crippen molar-refractivity contribution in [3.05, 3.63) is 59.2 Å². The van der Waals surface area contributed by atoms with Crippen LogP contribution < -0.4 is 5.32 Å². The van der Waals surface area contributed by atoms with Crippen molar-refractivity contribution in [1.82, 2.24) is 4.90 Å². The molecule has 2 aromatic carbocycles. The molecule has 1 N–H and O–H groups in total. The van der Waals surface area contributed by atoms with E-state index in [-0.39, 0.29) is 11.8 Å². The molecule has 0 unspecified atom stereocenters. The monoisotopic (exact) mass is 354 g/mol. The summed E-state index contributed by atoms with van der Waals surface area (Å²) in [6.07, 6.45) is 4.08. The van der Waals surface area contributed by atoms with Gasteiger partial charge in [-0.2, -0.15) is 0 Å². The molecule has 0 radical (unpaired) electrons. The Morgan fingerprint density at radius 1 is 1.04 bits per heavy atom. The minimum Gasteiger partial charge on any atom is -0.339 e. The first-order valence-electron chi connectivity index (χ1n) is 8.44. The Morgan fingerprint density at radius 3 is 2.36 bits per heavy atom. The van der Waals surface area contributed by atoms with E-state index in [1.165, 1.54) is 0 Å². The largest absolute Gasteiger partial charge is 0.339 e. The summed E-state index contributed by atoms with van der Waals surface area (Å²) < 4.78 is 0. The van der Waals surface area contributed by atoms with E-state index in [0.717, 1.165) is 36.4 Å². The Hall–Kier alpha value is -2.27. The molecule has 2 aromatic rings. The molecule has 2 amide bonds. The summed E-state index contributed by atoms with van der Waals surface area (Å²) >= 11 is 1.63. The van der Waals surface area contributed by atoms with Crippen LogP contribution in [0, 0.1) is 6.92 Å². The smallest absolute Gasteiger partial charge is 0.256 e. The molecule has 0 spiro atoms. The third-order valence-corrected chi connectivity index (χ3v) is 5.22. The number of carbonyl (C=O) groups excluding carboxylic acids is 2. The van der Waals surface area contributed by atoms with Crippen LogP contribution in [0.5, 0.6) is 0 Å². The Kier molecular flexibility index (Phi) is 5.43. The van der Waals surface area contributed by atoms with Crippen molar-refractivity contribution in [1.29, 1.82) is 0 Å². The van der Waals surface area contributed by atoms with Gasteiger partial charge in [0, 0.05) is 23.5 Å². The van der Waals surface area contributed by atoms with Crippen LogP contribution in [0.1, 0.15) is 39.1 Å². The highest BCUT2D eigenvalue weighted by molar-refractivity contribution is 7.98. The van der Waals surface area contributed by atoms with Gasteiger partial charge in [0.25, 0.3) is 11.8 Å². The molecule has 130 valence electrons. The van der Waals surface area contributed by atoms with Crippen molar-refractivity contribution in [2.75, 3.05) is 24.7 Å². The molecular weight excluding hydrogens is 332 g/mol. The Balaban J connectivity index is 1.85. The van der Waals surface area contributed by atoms with Crippen LogP contribution in [0.3, 0.4) is 0 Å². The second kappa shape index (κ2) is 7.74. The predicted molar refractivity (Wildman–Crippen MR) is 102 cm³/mol. The zero-order valence-corrected chi connectivity index (χ0v) is 15.4. The number of thioether (sulfide) groups is 1. The van der Waals surface area contributed by atoms with E-state index in [1.54, 1.807) is 30.0 Å². The zero-order valence-electron chi connectivity index (χ0n) is 14.5. The van der Waals surface area contributed by atoms with Crippen molar-refractivity contribution < 1.29 is 9.59 Å². The molecule has 3 rings (SSSR count). The van der Waals surface area contributed by atoms with Gasteiger partial charge in [-0.05, 0) is 61.9 Å². The van der Waals surface area contributed by atoms with Crippen LogP contribution in [-0.4, -0.2) is 36.1 Å². The molecule has 1 aliphatic heterocycles. The number of benzene rings is 2. The summed E-state index contributed by atoms with van der Waals surface area (Å²) in [7, 11) is 0. The van der Waals surface area contributed by atoms with Gasteiger partial charge >= 0.3 is 0 Å². The maximum absolute atomic E-state index is 12.9. The Labute approximate surface area is 152 Å². The van der Waals surface area contributed by atoms with Gasteiger partial charge in [0.15, 0.2) is 0 Å². The van der Waals surface area contributed by atoms with Gasteiger partial charge in [-0.15, -0.1) is 11.8 Å². The molecular formula is C20H22N2O2S. The van der Waals surface area contributed by atoms with E-state index in [9.17, 15) is 9.59 Å². The summed E-state index contributed by atoms with van der Waals surface area (Å²) in [4.78, 5) is 28.4. The highest BCUT2D eigenvalue weighted by Gasteiger charge is 2.24. The van der Waals surface area contributed by atoms with Crippen molar-refractivity contribution >= 4 is 29.3 Å². The number of amides is 2. The third kappa shape index (κ3) is 3.87. The van der Waals surface area contributed by atoms with Crippen LogP contribution in [0.15, 0.2) is 47.4 Å². The number of aryl methyl sites for hydroxylation is 1. The summed E-state index contributed by atoms with van der Waals surface area (Å²) in [5.41, 5.74) is 2.64. The van der Waals surface area contributed by atoms with Gasteiger partial charge < -0.3 is 10.2 Å². The highest BCUT2D eigenvalue weighted by Crippen LogP contribution is 2.24. The molecule has 0 atom stereocenters. The van der Waals surface area contributed by atoms with E-state index in [1.807, 2.05) is 42.3 Å². The van der Waals surface area contributed by atoms with Gasteiger partial charge in [0.05, 0.1) is 11.3 Å². The first kappa shape index (κ1) is 17.5. The number of likely N-dealkylation sites (tertiary alicyclic amines) is 1. The van der Waals surface area contributed by atoms with Crippen LogP contribution >= 0.6 is 11.8 Å². The molecule has 1 aliphatic rings. The SMILES string of the molecule is CSc1ccc(C(=O)Nc2cccc(C)c2C(=O)N2CCCC2)cc1. The summed E-state index contributed by atoms with van der Waals surface area (Å²) in [5, 5.41) is 2.92. The fourth-order valence-electron chi connectivity index (χ4n) is 3.07. The molecule has 1 saturated heterocycles. The maximum Gasteiger partial charge on any atom is 0.256 e. The van der Waals surface area contributed by atoms with E-state index < -0.39 is 0 Å². The standard InChI is InChI=1S/C20H22N2O2S/c1-14-6-5-7-17(18(14)20(24)22-12-3-4-13-22)21-19(23)15-8-10-16(25-2)11-9-15/h5-11H,3-4,12-13H2,1-2H3,(H,21,23). The van der Waals surface area contributed by atoms with E-state index >= 15 is 0 Å². The zero-order chi connectivity index (χ0) is 17.8. The third-order valence-electron chi connectivity index (χ3n) is 4.48. The molecule has 0 saturated carbocycles. The van der Waals surface area contributed by atoms with Crippen LogP contribution in [0.2, 0.25) is 0 Å². The Bertz CT molecular complexity index is 781. The fraction of sp³-hybridized carbons (Fsp3) is 0.300. The first-order chi connectivity index (χ1) is 12.1. The van der Waals surface area contributed by atoms with E-state index in [4.69, 9.17) is 0 Å². The summed E-state index contributed by atoms with van der Waals surface area (Å²) in [5.74, 6) is -0.197. The van der Waals surface area contributed by atoms with Crippen LogP contribution in [0.25, 0.3) is 0 Å². The Morgan fingerprint density at radius 2 is 1.72 bits per heavy atom. The lowest BCUT2D eigenvalue weighted by atomic mass is 10.0. The number of hydrogen-bond donors (Lipinski definition) is 1. The van der Waals surface area contributed by atoms with E-state index in [0.29, 0.717) is 16.8 Å². The number of anilines is 1. The molecule has 5 heteroatoms. The van der Waals surface area contributed by atoms with Crippen molar-refractivity contribution in [2.45, 2.75) is 24.7 Å². The lowest BCUT2D eigenvalue weighted by Gasteiger charge is -2.19. The lowest BCUT2D eigenvalue weighted by molar-refractivity contribution is 0.0793. The van der Waals surface area contributed by atoms with E-state index in [2.05, 4.69) is 5.32 Å². The fourth-order valence-corrected chi connectivity index (χ4v) is 3.48. The molecule has 25 heavy (non-hydrogen) atoms. The lowest BCUT2D eigenvalue weighted by Crippen LogP contribution is -2.29. The van der Waals surface area contributed by atoms with Crippen LogP contribution in [0.4, 0.5) is 5.69 Å². The summed E-state index contributed by atoms with van der Waals surface area (Å²) in [6, 6.07) is 13.0. The molecule has 0 aliphatic carbocycles. The van der Waals surface area contributed by atoms with Crippen LogP contribution in [-0.2, 0) is 0 Å². The number of hydrogen-bond acceptors (Lipinski definition) is 3. The number of carbonyl (C=O) groups is 2.